The van der Waals surface area contributed by atoms with Crippen LogP contribution in [0.4, 0.5) is 4.39 Å². The van der Waals surface area contributed by atoms with Crippen LogP contribution in [0.2, 0.25) is 5.02 Å². The normalized spacial score (nSPS) is 17.1. The Morgan fingerprint density at radius 3 is 2.47 bits per heavy atom. The van der Waals surface area contributed by atoms with E-state index < -0.39 is 11.2 Å². The van der Waals surface area contributed by atoms with Crippen molar-refractivity contribution in [3.8, 4) is 0 Å². The van der Waals surface area contributed by atoms with Gasteiger partial charge >= 0.3 is 0 Å². The summed E-state index contributed by atoms with van der Waals surface area (Å²) in [4.78, 5) is 0. The van der Waals surface area contributed by atoms with Gasteiger partial charge in [0, 0.05) is 10.6 Å². The van der Waals surface area contributed by atoms with Gasteiger partial charge in [0.05, 0.1) is 5.41 Å². The molecular weight excluding hydrogens is 243 g/mol. The SMILES string of the molecule is CC.N/C(=N\O)C1(c2c(F)cccc2Cl)CC1. The minimum Gasteiger partial charge on any atom is -0.409 e. The molecule has 17 heavy (non-hydrogen) atoms. The molecule has 1 saturated carbocycles. The van der Waals surface area contributed by atoms with Crippen molar-refractivity contribution < 1.29 is 9.60 Å². The van der Waals surface area contributed by atoms with Gasteiger partial charge in [-0.15, -0.1) is 0 Å². The number of nitrogens with two attached hydrogens (primary N) is 1. The van der Waals surface area contributed by atoms with Gasteiger partial charge in [-0.25, -0.2) is 4.39 Å². The Morgan fingerprint density at radius 1 is 1.47 bits per heavy atom. The van der Waals surface area contributed by atoms with Crippen LogP contribution in [0.1, 0.15) is 32.3 Å². The molecule has 0 saturated heterocycles. The molecule has 3 N–H and O–H groups in total. The molecule has 1 aromatic rings. The highest BCUT2D eigenvalue weighted by molar-refractivity contribution is 6.32. The van der Waals surface area contributed by atoms with E-state index in [0.717, 1.165) is 0 Å². The van der Waals surface area contributed by atoms with Crippen LogP contribution in [0.25, 0.3) is 0 Å². The van der Waals surface area contributed by atoms with Crippen LogP contribution in [-0.2, 0) is 5.41 Å². The van der Waals surface area contributed by atoms with E-state index in [4.69, 9.17) is 22.5 Å². The van der Waals surface area contributed by atoms with Crippen LogP contribution >= 0.6 is 11.6 Å². The summed E-state index contributed by atoms with van der Waals surface area (Å²) < 4.78 is 13.6. The number of benzene rings is 1. The lowest BCUT2D eigenvalue weighted by Crippen LogP contribution is -2.30. The van der Waals surface area contributed by atoms with Crippen LogP contribution in [0.15, 0.2) is 23.4 Å². The Hall–Kier alpha value is -1.29. The third-order valence-corrected chi connectivity index (χ3v) is 3.10. The zero-order valence-corrected chi connectivity index (χ0v) is 10.6. The first kappa shape index (κ1) is 13.8. The molecule has 0 amide bonds. The lowest BCUT2D eigenvalue weighted by molar-refractivity contribution is 0.315. The zero-order valence-electron chi connectivity index (χ0n) is 9.87. The first-order chi connectivity index (χ1) is 8.12. The fraction of sp³-hybridized carbons (Fsp3) is 0.417. The van der Waals surface area contributed by atoms with Gasteiger partial charge in [0.15, 0.2) is 0 Å². The highest BCUT2D eigenvalue weighted by atomic mass is 35.5. The first-order valence-electron chi connectivity index (χ1n) is 5.54. The third kappa shape index (κ3) is 2.36. The standard InChI is InChI=1S/C10H10ClFN2O.C2H6/c11-6-2-1-3-7(12)8(6)10(4-5-10)9(13)14-15;1-2/h1-3,15H,4-5H2,(H2,13,14);1-2H3. The van der Waals surface area contributed by atoms with Gasteiger partial charge in [0.2, 0.25) is 0 Å². The van der Waals surface area contributed by atoms with Gasteiger partial charge in [-0.05, 0) is 25.0 Å². The predicted molar refractivity (Wildman–Crippen MR) is 67.1 cm³/mol. The van der Waals surface area contributed by atoms with E-state index in [1.165, 1.54) is 12.1 Å². The van der Waals surface area contributed by atoms with E-state index in [-0.39, 0.29) is 5.84 Å². The number of nitrogens with zero attached hydrogens (tertiary/aromatic N) is 1. The fourth-order valence-corrected chi connectivity index (χ4v) is 2.15. The lowest BCUT2D eigenvalue weighted by Gasteiger charge is -2.16. The molecule has 0 spiro atoms. The Bertz CT molecular complexity index is 410. The van der Waals surface area contributed by atoms with Crippen LogP contribution in [0.3, 0.4) is 0 Å². The summed E-state index contributed by atoms with van der Waals surface area (Å²) >= 11 is 5.92. The van der Waals surface area contributed by atoms with E-state index in [1.54, 1.807) is 6.07 Å². The fourth-order valence-electron chi connectivity index (χ4n) is 1.81. The molecule has 5 heteroatoms. The summed E-state index contributed by atoms with van der Waals surface area (Å²) in [6.45, 7) is 4.00. The van der Waals surface area contributed by atoms with Crippen LogP contribution in [-0.4, -0.2) is 11.0 Å². The van der Waals surface area contributed by atoms with E-state index in [2.05, 4.69) is 5.16 Å². The van der Waals surface area contributed by atoms with Gasteiger partial charge < -0.3 is 10.9 Å². The van der Waals surface area contributed by atoms with Gasteiger partial charge in [0.25, 0.3) is 0 Å². The molecular formula is C12H16ClFN2O. The first-order valence-corrected chi connectivity index (χ1v) is 5.92. The highest BCUT2D eigenvalue weighted by Gasteiger charge is 2.51. The van der Waals surface area contributed by atoms with Crippen molar-refractivity contribution in [3.05, 3.63) is 34.6 Å². The summed E-state index contributed by atoms with van der Waals surface area (Å²) in [5.74, 6) is -0.388. The van der Waals surface area contributed by atoms with Crippen molar-refractivity contribution in [1.29, 1.82) is 0 Å². The molecule has 1 fully saturated rings. The molecule has 0 bridgehead atoms. The van der Waals surface area contributed by atoms with E-state index in [1.807, 2.05) is 13.8 Å². The Kier molecular flexibility index (Phi) is 4.34. The molecule has 0 unspecified atom stereocenters. The van der Waals surface area contributed by atoms with Crippen LogP contribution in [0, 0.1) is 5.82 Å². The van der Waals surface area contributed by atoms with Gasteiger partial charge in [-0.3, -0.25) is 0 Å². The second-order valence-electron chi connectivity index (χ2n) is 3.66. The van der Waals surface area contributed by atoms with Crippen LogP contribution < -0.4 is 5.73 Å². The van der Waals surface area contributed by atoms with Gasteiger partial charge in [-0.2, -0.15) is 0 Å². The molecule has 3 nitrogen and oxygen atoms in total. The number of oxime groups is 1. The van der Waals surface area contributed by atoms with E-state index in [9.17, 15) is 4.39 Å². The average molecular weight is 259 g/mol. The number of amidine groups is 1. The number of rotatable bonds is 2. The lowest BCUT2D eigenvalue weighted by atomic mass is 9.94. The smallest absolute Gasteiger partial charge is 0.149 e. The summed E-state index contributed by atoms with van der Waals surface area (Å²) in [6.07, 6.45) is 1.31. The van der Waals surface area contributed by atoms with Gasteiger partial charge in [-0.1, -0.05) is 36.7 Å². The molecule has 0 aromatic heterocycles. The quantitative estimate of drug-likeness (QED) is 0.370. The van der Waals surface area contributed by atoms with Gasteiger partial charge in [0.1, 0.15) is 11.7 Å². The zero-order chi connectivity index (χ0) is 13.1. The molecule has 1 aromatic carbocycles. The molecule has 0 aliphatic heterocycles. The largest absolute Gasteiger partial charge is 0.409 e. The molecule has 1 aliphatic rings. The highest BCUT2D eigenvalue weighted by Crippen LogP contribution is 2.51. The van der Waals surface area contributed by atoms with Crippen molar-refractivity contribution in [3.63, 3.8) is 0 Å². The number of hydrogen-bond donors (Lipinski definition) is 2. The number of hydrogen-bond acceptors (Lipinski definition) is 2. The minimum absolute atomic E-state index is 0.0227. The molecule has 0 radical (unpaired) electrons. The summed E-state index contributed by atoms with van der Waals surface area (Å²) in [5.41, 5.74) is 5.20. The monoisotopic (exact) mass is 258 g/mol. The Balaban J connectivity index is 0.000000686. The Morgan fingerprint density at radius 2 is 2.06 bits per heavy atom. The molecule has 2 rings (SSSR count). The molecule has 1 aliphatic carbocycles. The predicted octanol–water partition coefficient (Wildman–Crippen LogP) is 3.28. The third-order valence-electron chi connectivity index (χ3n) is 2.79. The molecule has 0 heterocycles. The van der Waals surface area contributed by atoms with E-state index >= 15 is 0 Å². The Labute approximate surface area is 105 Å². The maximum atomic E-state index is 13.6. The topological polar surface area (TPSA) is 58.6 Å². The molecule has 94 valence electrons. The van der Waals surface area contributed by atoms with Crippen LogP contribution in [0.5, 0.6) is 0 Å². The second kappa shape index (κ2) is 5.36. The van der Waals surface area contributed by atoms with Crippen molar-refractivity contribution in [2.75, 3.05) is 0 Å². The van der Waals surface area contributed by atoms with Crippen molar-refractivity contribution >= 4 is 17.4 Å². The summed E-state index contributed by atoms with van der Waals surface area (Å²) in [7, 11) is 0. The maximum Gasteiger partial charge on any atom is 0.149 e. The second-order valence-corrected chi connectivity index (χ2v) is 4.07. The maximum absolute atomic E-state index is 13.6. The van der Waals surface area contributed by atoms with Crippen molar-refractivity contribution in [2.45, 2.75) is 32.1 Å². The van der Waals surface area contributed by atoms with E-state index in [0.29, 0.717) is 23.4 Å². The molecule has 0 atom stereocenters. The van der Waals surface area contributed by atoms with Crippen molar-refractivity contribution in [2.24, 2.45) is 10.9 Å². The van der Waals surface area contributed by atoms with Crippen molar-refractivity contribution in [1.82, 2.24) is 0 Å². The minimum atomic E-state index is -0.697. The summed E-state index contributed by atoms with van der Waals surface area (Å²) in [6, 6.07) is 4.46. The number of halogens is 2. The summed E-state index contributed by atoms with van der Waals surface area (Å²) in [5, 5.41) is 11.9. The average Bonchev–Trinajstić information content (AvgIpc) is 3.12.